The molecule has 3 aromatic rings. The van der Waals surface area contributed by atoms with Crippen LogP contribution in [0.3, 0.4) is 0 Å². The molecule has 1 fully saturated rings. The first-order valence-corrected chi connectivity index (χ1v) is 11.0. The third kappa shape index (κ3) is 6.24. The summed E-state index contributed by atoms with van der Waals surface area (Å²) in [7, 11) is 0. The van der Waals surface area contributed by atoms with Crippen molar-refractivity contribution in [1.29, 1.82) is 0 Å². The van der Waals surface area contributed by atoms with Gasteiger partial charge in [0.1, 0.15) is 31.1 Å². The van der Waals surface area contributed by atoms with Crippen LogP contribution in [-0.2, 0) is 38.8 Å². The maximum absolute atomic E-state index is 13.9. The van der Waals surface area contributed by atoms with Crippen molar-refractivity contribution in [3.8, 4) is 0 Å². The maximum Gasteiger partial charge on any atom is 0.118 e. The number of rotatable bonds is 10. The molecule has 32 heavy (non-hydrogen) atoms. The van der Waals surface area contributed by atoms with E-state index in [4.69, 9.17) is 18.9 Å². The van der Waals surface area contributed by atoms with E-state index in [1.165, 1.54) is 0 Å². The predicted molar refractivity (Wildman–Crippen MR) is 121 cm³/mol. The van der Waals surface area contributed by atoms with E-state index in [9.17, 15) is 4.39 Å². The molecule has 0 aliphatic carbocycles. The van der Waals surface area contributed by atoms with Gasteiger partial charge < -0.3 is 18.9 Å². The highest BCUT2D eigenvalue weighted by Gasteiger charge is 2.43. The van der Waals surface area contributed by atoms with Gasteiger partial charge in [-0.15, -0.1) is 0 Å². The quantitative estimate of drug-likeness (QED) is 0.443. The largest absolute Gasteiger partial charge is 0.370 e. The number of benzene rings is 3. The minimum Gasteiger partial charge on any atom is -0.370 e. The van der Waals surface area contributed by atoms with Crippen molar-refractivity contribution in [1.82, 2.24) is 0 Å². The fourth-order valence-electron chi connectivity index (χ4n) is 3.82. The average molecular weight is 437 g/mol. The van der Waals surface area contributed by atoms with Crippen LogP contribution in [0.1, 0.15) is 16.7 Å². The van der Waals surface area contributed by atoms with Crippen molar-refractivity contribution in [3.63, 3.8) is 0 Å². The lowest BCUT2D eigenvalue weighted by Crippen LogP contribution is -2.56. The molecule has 0 radical (unpaired) electrons. The summed E-state index contributed by atoms with van der Waals surface area (Å²) in [5.74, 6) is 0. The summed E-state index contributed by atoms with van der Waals surface area (Å²) in [5, 5.41) is 0. The van der Waals surface area contributed by atoms with Gasteiger partial charge in [-0.05, 0) is 16.7 Å². The van der Waals surface area contributed by atoms with Gasteiger partial charge in [0.15, 0.2) is 0 Å². The van der Waals surface area contributed by atoms with Crippen LogP contribution in [0.5, 0.6) is 0 Å². The van der Waals surface area contributed by atoms with E-state index in [1.54, 1.807) is 0 Å². The third-order valence-electron chi connectivity index (χ3n) is 5.56. The average Bonchev–Trinajstić information content (AvgIpc) is 2.87. The zero-order chi connectivity index (χ0) is 22.0. The van der Waals surface area contributed by atoms with Crippen LogP contribution >= 0.6 is 0 Å². The first-order valence-electron chi connectivity index (χ1n) is 11.0. The second kappa shape index (κ2) is 11.9. The highest BCUT2D eigenvalue weighted by atomic mass is 19.1. The van der Waals surface area contributed by atoms with Crippen LogP contribution in [-0.4, -0.2) is 37.7 Å². The maximum atomic E-state index is 13.9. The number of hydrogen-bond donors (Lipinski definition) is 0. The standard InChI is InChI=1S/C27H29FO4/c28-16-24-26(31-18-22-12-6-2-7-13-22)27(32-19-23-14-8-3-9-15-23)25(20-30-24)29-17-21-10-4-1-5-11-21/h1-15,24-27H,16-20H2/t24?,25?,26-,27?/m1/s1. The number of alkyl halides is 1. The Morgan fingerprint density at radius 1 is 0.625 bits per heavy atom. The molecule has 4 rings (SSSR count). The highest BCUT2D eigenvalue weighted by Crippen LogP contribution is 2.27. The molecule has 0 N–H and O–H groups in total. The van der Waals surface area contributed by atoms with Gasteiger partial charge in [0.25, 0.3) is 0 Å². The minimum absolute atomic E-state index is 0.256. The van der Waals surface area contributed by atoms with Gasteiger partial charge in [-0.1, -0.05) is 91.0 Å². The first kappa shape index (κ1) is 22.6. The first-order chi connectivity index (χ1) is 15.8. The molecule has 0 amide bonds. The van der Waals surface area contributed by atoms with Crippen molar-refractivity contribution in [2.75, 3.05) is 13.3 Å². The monoisotopic (exact) mass is 436 g/mol. The predicted octanol–water partition coefficient (Wildman–Crippen LogP) is 5.11. The van der Waals surface area contributed by atoms with Crippen molar-refractivity contribution in [3.05, 3.63) is 108 Å². The Hall–Kier alpha value is -2.57. The van der Waals surface area contributed by atoms with Crippen LogP contribution in [0, 0.1) is 0 Å². The summed E-state index contributed by atoms with van der Waals surface area (Å²) in [6, 6.07) is 29.7. The van der Waals surface area contributed by atoms with E-state index >= 15 is 0 Å². The van der Waals surface area contributed by atoms with Crippen LogP contribution in [0.4, 0.5) is 4.39 Å². The van der Waals surface area contributed by atoms with Crippen LogP contribution in [0.2, 0.25) is 0 Å². The van der Waals surface area contributed by atoms with Crippen molar-refractivity contribution in [2.45, 2.75) is 44.2 Å². The number of halogens is 1. The SMILES string of the molecule is FCC1OCC(OCc2ccccc2)C(OCc2ccccc2)[C@@H]1OCc1ccccc1. The van der Waals surface area contributed by atoms with Gasteiger partial charge in [-0.3, -0.25) is 0 Å². The zero-order valence-corrected chi connectivity index (χ0v) is 18.0. The minimum atomic E-state index is -0.698. The molecule has 1 heterocycles. The van der Waals surface area contributed by atoms with Gasteiger partial charge in [-0.25, -0.2) is 4.39 Å². The van der Waals surface area contributed by atoms with Crippen molar-refractivity contribution in [2.24, 2.45) is 0 Å². The van der Waals surface area contributed by atoms with Gasteiger partial charge >= 0.3 is 0 Å². The molecule has 4 atom stereocenters. The van der Waals surface area contributed by atoms with E-state index in [1.807, 2.05) is 91.0 Å². The highest BCUT2D eigenvalue weighted by molar-refractivity contribution is 5.15. The third-order valence-corrected chi connectivity index (χ3v) is 5.56. The molecule has 0 spiro atoms. The lowest BCUT2D eigenvalue weighted by Gasteiger charge is -2.41. The molecule has 1 aliphatic rings. The number of ether oxygens (including phenoxy) is 4. The Kier molecular flexibility index (Phi) is 8.40. The Balaban J connectivity index is 1.49. The van der Waals surface area contributed by atoms with Gasteiger partial charge in [-0.2, -0.15) is 0 Å². The second-order valence-corrected chi connectivity index (χ2v) is 7.88. The number of hydrogen-bond acceptors (Lipinski definition) is 4. The molecule has 0 bridgehead atoms. The Morgan fingerprint density at radius 3 is 1.53 bits per heavy atom. The molecule has 0 aromatic heterocycles. The smallest absolute Gasteiger partial charge is 0.118 e. The van der Waals surface area contributed by atoms with Gasteiger partial charge in [0.05, 0.1) is 26.4 Å². The Labute approximate surface area is 188 Å². The summed E-state index contributed by atoms with van der Waals surface area (Å²) in [6.07, 6.45) is -2.12. The zero-order valence-electron chi connectivity index (χ0n) is 18.0. The molecule has 1 aliphatic heterocycles. The van der Waals surface area contributed by atoms with Crippen molar-refractivity contribution < 1.29 is 23.3 Å². The lowest BCUT2D eigenvalue weighted by atomic mass is 9.99. The van der Waals surface area contributed by atoms with Gasteiger partial charge in [0, 0.05) is 0 Å². The summed E-state index contributed by atoms with van der Waals surface area (Å²) in [6.45, 7) is 0.775. The molecular formula is C27H29FO4. The van der Waals surface area contributed by atoms with Gasteiger partial charge in [0.2, 0.25) is 0 Å². The molecule has 1 saturated heterocycles. The molecule has 168 valence electrons. The lowest BCUT2D eigenvalue weighted by molar-refractivity contribution is -0.240. The summed E-state index contributed by atoms with van der Waals surface area (Å²) in [5.41, 5.74) is 3.11. The van der Waals surface area contributed by atoms with E-state index in [0.29, 0.717) is 19.8 Å². The second-order valence-electron chi connectivity index (χ2n) is 7.88. The Bertz CT molecular complexity index is 907. The molecule has 5 heteroatoms. The summed E-state index contributed by atoms with van der Waals surface area (Å²) >= 11 is 0. The normalized spacial score (nSPS) is 23.2. The fraction of sp³-hybridized carbons (Fsp3) is 0.333. The molecule has 4 nitrogen and oxygen atoms in total. The molecule has 3 aromatic carbocycles. The van der Waals surface area contributed by atoms with Crippen molar-refractivity contribution >= 4 is 0 Å². The Morgan fingerprint density at radius 2 is 1.06 bits per heavy atom. The van der Waals surface area contributed by atoms with E-state index in [-0.39, 0.29) is 12.7 Å². The van der Waals surface area contributed by atoms with E-state index < -0.39 is 25.0 Å². The molecule has 0 saturated carbocycles. The summed E-state index contributed by atoms with van der Waals surface area (Å²) < 4.78 is 38.4. The fourth-order valence-corrected chi connectivity index (χ4v) is 3.82. The summed E-state index contributed by atoms with van der Waals surface area (Å²) in [4.78, 5) is 0. The topological polar surface area (TPSA) is 36.9 Å². The van der Waals surface area contributed by atoms with E-state index in [2.05, 4.69) is 0 Å². The van der Waals surface area contributed by atoms with E-state index in [0.717, 1.165) is 16.7 Å². The van der Waals surface area contributed by atoms with Crippen LogP contribution in [0.15, 0.2) is 91.0 Å². The molecule has 3 unspecified atom stereocenters. The molecular weight excluding hydrogens is 407 g/mol. The van der Waals surface area contributed by atoms with Crippen LogP contribution in [0.25, 0.3) is 0 Å². The van der Waals surface area contributed by atoms with Crippen LogP contribution < -0.4 is 0 Å².